The van der Waals surface area contributed by atoms with Gasteiger partial charge in [-0.25, -0.2) is 0 Å². The minimum absolute atomic E-state index is 1.13. The second-order valence-corrected chi connectivity index (χ2v) is 14.5. The Kier molecular flexibility index (Phi) is 10.0. The van der Waals surface area contributed by atoms with Gasteiger partial charge < -0.3 is 9.80 Å². The van der Waals surface area contributed by atoms with Crippen LogP contribution in [-0.2, 0) is 0 Å². The highest BCUT2D eigenvalue weighted by Crippen LogP contribution is 2.37. The van der Waals surface area contributed by atoms with Crippen LogP contribution in [0, 0.1) is 0 Å². The van der Waals surface area contributed by atoms with Crippen molar-refractivity contribution >= 4 is 81.1 Å². The van der Waals surface area contributed by atoms with E-state index in [1.54, 1.807) is 0 Å². The van der Waals surface area contributed by atoms with Crippen LogP contribution in [0.1, 0.15) is 20.9 Å². The van der Waals surface area contributed by atoms with E-state index >= 15 is 0 Å². The van der Waals surface area contributed by atoms with Gasteiger partial charge in [0.1, 0.15) is 0 Å². The lowest BCUT2D eigenvalue weighted by Crippen LogP contribution is -2.09. The van der Waals surface area contributed by atoms with Crippen molar-refractivity contribution in [3.63, 3.8) is 0 Å². The van der Waals surface area contributed by atoms with Crippen molar-refractivity contribution in [2.45, 2.75) is 0 Å². The standard InChI is InChI=1S/C48H36N2S2/c1-5-13-39(14-6-1)49(40-15-7-2-8-16-40)43-27-21-37(22-28-43)25-31-45-33-35-47(51-45)48-36-34-46(52-48)32-26-38-23-29-44(30-24-38)50(41-17-9-3-10-18-41)42-19-11-4-12-20-42/h1-36H/b31-25+,32-26+. The summed E-state index contributed by atoms with van der Waals surface area (Å²) < 4.78 is 0. The predicted molar refractivity (Wildman–Crippen MR) is 228 cm³/mol. The van der Waals surface area contributed by atoms with Gasteiger partial charge in [-0.3, -0.25) is 0 Å². The molecule has 2 aromatic heterocycles. The van der Waals surface area contributed by atoms with Gasteiger partial charge >= 0.3 is 0 Å². The maximum atomic E-state index is 2.28. The fourth-order valence-corrected chi connectivity index (χ4v) is 8.09. The minimum Gasteiger partial charge on any atom is -0.311 e. The van der Waals surface area contributed by atoms with E-state index in [4.69, 9.17) is 0 Å². The summed E-state index contributed by atoms with van der Waals surface area (Å²) in [5.74, 6) is 0. The fraction of sp³-hybridized carbons (Fsp3) is 0. The van der Waals surface area contributed by atoms with E-state index in [1.807, 2.05) is 22.7 Å². The number of rotatable bonds is 11. The molecule has 0 saturated heterocycles. The zero-order chi connectivity index (χ0) is 35.0. The second kappa shape index (κ2) is 15.8. The Labute approximate surface area is 314 Å². The highest BCUT2D eigenvalue weighted by atomic mass is 32.1. The van der Waals surface area contributed by atoms with E-state index < -0.39 is 0 Å². The molecule has 0 atom stereocenters. The lowest BCUT2D eigenvalue weighted by atomic mass is 10.1. The van der Waals surface area contributed by atoms with E-state index in [2.05, 4.69) is 228 Å². The number of anilines is 6. The van der Waals surface area contributed by atoms with Crippen LogP contribution in [0.2, 0.25) is 0 Å². The molecule has 250 valence electrons. The van der Waals surface area contributed by atoms with Crippen molar-refractivity contribution in [2.75, 3.05) is 9.80 Å². The second-order valence-electron chi connectivity index (χ2n) is 12.3. The van der Waals surface area contributed by atoms with Gasteiger partial charge in [-0.1, -0.05) is 109 Å². The molecule has 8 rings (SSSR count). The molecule has 0 amide bonds. The molecule has 0 aliphatic heterocycles. The molecule has 0 saturated carbocycles. The third kappa shape index (κ3) is 7.74. The fourth-order valence-electron chi connectivity index (χ4n) is 6.18. The van der Waals surface area contributed by atoms with Crippen molar-refractivity contribution in [2.24, 2.45) is 0 Å². The monoisotopic (exact) mass is 704 g/mol. The molecule has 6 aromatic carbocycles. The molecule has 0 aliphatic carbocycles. The largest absolute Gasteiger partial charge is 0.311 e. The predicted octanol–water partition coefficient (Wildman–Crippen LogP) is 14.8. The first-order chi connectivity index (χ1) is 25.8. The van der Waals surface area contributed by atoms with Crippen molar-refractivity contribution in [3.05, 3.63) is 215 Å². The summed E-state index contributed by atoms with van der Waals surface area (Å²) in [7, 11) is 0. The zero-order valence-electron chi connectivity index (χ0n) is 28.5. The van der Waals surface area contributed by atoms with Gasteiger partial charge in [-0.15, -0.1) is 22.7 Å². The Balaban J connectivity index is 0.927. The van der Waals surface area contributed by atoms with Crippen LogP contribution in [-0.4, -0.2) is 0 Å². The summed E-state index contributed by atoms with van der Waals surface area (Å²) in [6.07, 6.45) is 8.82. The summed E-state index contributed by atoms with van der Waals surface area (Å²) in [5, 5.41) is 0. The topological polar surface area (TPSA) is 6.48 Å². The van der Waals surface area contributed by atoms with Gasteiger partial charge in [0, 0.05) is 53.6 Å². The number of thiophene rings is 2. The van der Waals surface area contributed by atoms with Crippen molar-refractivity contribution in [1.82, 2.24) is 0 Å². The molecule has 2 nitrogen and oxygen atoms in total. The molecule has 0 aliphatic rings. The molecular formula is C48H36N2S2. The molecule has 0 unspecified atom stereocenters. The quantitative estimate of drug-likeness (QED) is 0.132. The smallest absolute Gasteiger partial charge is 0.0462 e. The average Bonchev–Trinajstić information content (AvgIpc) is 3.90. The highest BCUT2D eigenvalue weighted by molar-refractivity contribution is 7.23. The van der Waals surface area contributed by atoms with Gasteiger partial charge in [0.05, 0.1) is 0 Å². The molecule has 0 radical (unpaired) electrons. The third-order valence-corrected chi connectivity index (χ3v) is 11.0. The lowest BCUT2D eigenvalue weighted by molar-refractivity contribution is 1.28. The SMILES string of the molecule is C(=C\c1ccc(-c2ccc(/C=C/c3ccc(N(c4ccccc4)c4ccccc4)cc3)s2)s1)/c1ccc(N(c2ccccc2)c2ccccc2)cc1. The van der Waals surface area contributed by atoms with Crippen LogP contribution in [0.5, 0.6) is 0 Å². The van der Waals surface area contributed by atoms with Gasteiger partial charge in [-0.05, 0) is 120 Å². The number of hydrogen-bond acceptors (Lipinski definition) is 4. The van der Waals surface area contributed by atoms with Crippen LogP contribution in [0.4, 0.5) is 34.1 Å². The van der Waals surface area contributed by atoms with Gasteiger partial charge in [0.25, 0.3) is 0 Å². The first kappa shape index (κ1) is 33.0. The number of benzene rings is 6. The third-order valence-electron chi connectivity index (χ3n) is 8.74. The van der Waals surface area contributed by atoms with E-state index in [1.165, 1.54) is 30.6 Å². The lowest BCUT2D eigenvalue weighted by Gasteiger charge is -2.25. The normalized spacial score (nSPS) is 11.3. The van der Waals surface area contributed by atoms with Crippen LogP contribution in [0.25, 0.3) is 34.1 Å². The van der Waals surface area contributed by atoms with Crippen LogP contribution in [0.15, 0.2) is 194 Å². The minimum atomic E-state index is 1.13. The Bertz CT molecular complexity index is 2120. The van der Waals surface area contributed by atoms with E-state index in [0.717, 1.165) is 34.1 Å². The van der Waals surface area contributed by atoms with Crippen LogP contribution >= 0.6 is 22.7 Å². The first-order valence-electron chi connectivity index (χ1n) is 17.3. The van der Waals surface area contributed by atoms with Gasteiger partial charge in [0.2, 0.25) is 0 Å². The van der Waals surface area contributed by atoms with E-state index in [9.17, 15) is 0 Å². The Hall–Kier alpha value is -6.20. The van der Waals surface area contributed by atoms with Crippen LogP contribution < -0.4 is 9.80 Å². The molecule has 2 heterocycles. The molecule has 0 spiro atoms. The molecule has 8 aromatic rings. The van der Waals surface area contributed by atoms with Gasteiger partial charge in [-0.2, -0.15) is 0 Å². The molecular weight excluding hydrogens is 669 g/mol. The summed E-state index contributed by atoms with van der Waals surface area (Å²) in [5.41, 5.74) is 9.15. The number of para-hydroxylation sites is 4. The number of hydrogen-bond donors (Lipinski definition) is 0. The summed E-state index contributed by atoms with van der Waals surface area (Å²) in [4.78, 5) is 9.61. The molecule has 52 heavy (non-hydrogen) atoms. The summed E-state index contributed by atoms with van der Waals surface area (Å²) >= 11 is 3.65. The zero-order valence-corrected chi connectivity index (χ0v) is 30.1. The van der Waals surface area contributed by atoms with Crippen molar-refractivity contribution in [3.8, 4) is 9.75 Å². The molecule has 0 bridgehead atoms. The highest BCUT2D eigenvalue weighted by Gasteiger charge is 2.13. The molecule has 0 fully saturated rings. The van der Waals surface area contributed by atoms with Crippen LogP contribution in [0.3, 0.4) is 0 Å². The Morgan fingerprint density at radius 2 is 0.558 bits per heavy atom. The Morgan fingerprint density at radius 3 is 0.865 bits per heavy atom. The van der Waals surface area contributed by atoms with Crippen molar-refractivity contribution < 1.29 is 0 Å². The average molecular weight is 705 g/mol. The van der Waals surface area contributed by atoms with Gasteiger partial charge in [0.15, 0.2) is 0 Å². The summed E-state index contributed by atoms with van der Waals surface area (Å²) in [6, 6.07) is 68.4. The van der Waals surface area contributed by atoms with E-state index in [-0.39, 0.29) is 0 Å². The van der Waals surface area contributed by atoms with E-state index in [0.29, 0.717) is 0 Å². The molecule has 4 heteroatoms. The summed E-state index contributed by atoms with van der Waals surface area (Å²) in [6.45, 7) is 0. The van der Waals surface area contributed by atoms with Crippen molar-refractivity contribution in [1.29, 1.82) is 0 Å². The Morgan fingerprint density at radius 1 is 0.269 bits per heavy atom. The number of nitrogens with zero attached hydrogens (tertiary/aromatic N) is 2. The molecule has 0 N–H and O–H groups in total. The maximum Gasteiger partial charge on any atom is 0.0462 e. The maximum absolute atomic E-state index is 2.28. The first-order valence-corrected chi connectivity index (χ1v) is 19.0.